The van der Waals surface area contributed by atoms with E-state index in [1.807, 2.05) is 0 Å². The minimum atomic E-state index is 0.117. The zero-order chi connectivity index (χ0) is 11.2. The molecular weight excluding hydrogens is 252 g/mol. The Morgan fingerprint density at radius 1 is 1.33 bits per heavy atom. The number of ketones is 1. The molecule has 1 nitrogen and oxygen atoms in total. The lowest BCUT2D eigenvalue weighted by molar-refractivity contribution is -0.128. The summed E-state index contributed by atoms with van der Waals surface area (Å²) in [6, 6.07) is 0. The Kier molecular flexibility index (Phi) is 3.00. The topological polar surface area (TPSA) is 17.1 Å². The first-order valence-electron chi connectivity index (χ1n) is 6.12. The molecule has 2 saturated carbocycles. The molecule has 86 valence electrons. The van der Waals surface area contributed by atoms with Gasteiger partial charge in [0.1, 0.15) is 5.78 Å². The van der Waals surface area contributed by atoms with Crippen LogP contribution in [-0.2, 0) is 4.79 Å². The summed E-state index contributed by atoms with van der Waals surface area (Å²) in [6.45, 7) is 7.15. The van der Waals surface area contributed by atoms with Crippen LogP contribution in [0.15, 0.2) is 0 Å². The molecule has 0 bridgehead atoms. The monoisotopic (exact) mass is 272 g/mol. The van der Waals surface area contributed by atoms with Crippen molar-refractivity contribution in [3.8, 4) is 0 Å². The van der Waals surface area contributed by atoms with Crippen LogP contribution in [-0.4, -0.2) is 10.6 Å². The maximum atomic E-state index is 11.7. The van der Waals surface area contributed by atoms with Crippen molar-refractivity contribution in [1.29, 1.82) is 0 Å². The Bertz CT molecular complexity index is 276. The molecule has 0 heterocycles. The van der Waals surface area contributed by atoms with Gasteiger partial charge in [0.05, 0.1) is 4.83 Å². The first-order valence-corrected chi connectivity index (χ1v) is 7.03. The van der Waals surface area contributed by atoms with E-state index in [2.05, 4.69) is 36.7 Å². The van der Waals surface area contributed by atoms with E-state index in [1.54, 1.807) is 0 Å². The molecule has 0 radical (unpaired) electrons. The van der Waals surface area contributed by atoms with E-state index in [0.29, 0.717) is 17.1 Å². The van der Waals surface area contributed by atoms with Crippen LogP contribution in [0, 0.1) is 23.2 Å². The molecule has 0 spiro atoms. The normalized spacial score (nSPS) is 51.3. The van der Waals surface area contributed by atoms with E-state index in [-0.39, 0.29) is 4.83 Å². The zero-order valence-corrected chi connectivity index (χ0v) is 11.5. The van der Waals surface area contributed by atoms with Crippen LogP contribution in [0.5, 0.6) is 0 Å². The summed E-state index contributed by atoms with van der Waals surface area (Å²) in [6.07, 6.45) is 4.42. The number of alkyl halides is 1. The van der Waals surface area contributed by atoms with Crippen LogP contribution in [0.2, 0.25) is 0 Å². The lowest BCUT2D eigenvalue weighted by Crippen LogP contribution is -2.48. The van der Waals surface area contributed by atoms with Gasteiger partial charge < -0.3 is 0 Å². The average molecular weight is 273 g/mol. The highest BCUT2D eigenvalue weighted by atomic mass is 79.9. The Hall–Kier alpha value is 0.150. The lowest BCUT2D eigenvalue weighted by atomic mass is 9.53. The number of hydrogen-bond acceptors (Lipinski definition) is 1. The molecule has 2 aliphatic rings. The van der Waals surface area contributed by atoms with E-state index in [9.17, 15) is 4.79 Å². The fourth-order valence-electron chi connectivity index (χ4n) is 3.62. The molecule has 0 aromatic rings. The first kappa shape index (κ1) is 11.6. The number of halogens is 1. The van der Waals surface area contributed by atoms with Crippen LogP contribution < -0.4 is 0 Å². The van der Waals surface area contributed by atoms with Crippen LogP contribution in [0.4, 0.5) is 0 Å². The summed E-state index contributed by atoms with van der Waals surface area (Å²) in [5.74, 6) is 2.65. The minimum absolute atomic E-state index is 0.117. The Morgan fingerprint density at radius 3 is 2.67 bits per heavy atom. The molecule has 0 aliphatic heterocycles. The van der Waals surface area contributed by atoms with Gasteiger partial charge in [-0.05, 0) is 36.0 Å². The molecule has 2 heteroatoms. The molecule has 15 heavy (non-hydrogen) atoms. The minimum Gasteiger partial charge on any atom is -0.298 e. The molecule has 0 saturated heterocycles. The molecule has 0 amide bonds. The third-order valence-corrected chi connectivity index (χ3v) is 6.05. The Morgan fingerprint density at radius 2 is 2.00 bits per heavy atom. The second-order valence-electron chi connectivity index (χ2n) is 5.89. The highest BCUT2D eigenvalue weighted by molar-refractivity contribution is 9.10. The van der Waals surface area contributed by atoms with Gasteiger partial charge in [-0.25, -0.2) is 0 Å². The second kappa shape index (κ2) is 3.87. The fourth-order valence-corrected chi connectivity index (χ4v) is 4.51. The van der Waals surface area contributed by atoms with Crippen molar-refractivity contribution in [2.24, 2.45) is 23.2 Å². The van der Waals surface area contributed by atoms with Gasteiger partial charge in [0.25, 0.3) is 0 Å². The lowest BCUT2D eigenvalue weighted by Gasteiger charge is -2.52. The molecule has 0 aromatic heterocycles. The Balaban J connectivity index is 2.24. The number of rotatable bonds is 0. The number of carbonyl (C=O) groups excluding carboxylic acids is 1. The maximum absolute atomic E-state index is 11.7. The van der Waals surface area contributed by atoms with Crippen molar-refractivity contribution < 1.29 is 4.79 Å². The summed E-state index contributed by atoms with van der Waals surface area (Å²) >= 11 is 3.55. The number of carbonyl (C=O) groups is 1. The van der Waals surface area contributed by atoms with Crippen LogP contribution in [0.1, 0.15) is 46.5 Å². The third kappa shape index (κ3) is 1.79. The van der Waals surface area contributed by atoms with Crippen molar-refractivity contribution in [2.75, 3.05) is 0 Å². The van der Waals surface area contributed by atoms with Crippen molar-refractivity contribution in [3.05, 3.63) is 0 Å². The van der Waals surface area contributed by atoms with Gasteiger partial charge in [0, 0.05) is 6.42 Å². The van der Waals surface area contributed by atoms with Crippen LogP contribution >= 0.6 is 15.9 Å². The molecule has 2 aliphatic carbocycles. The highest BCUT2D eigenvalue weighted by Crippen LogP contribution is 2.55. The summed E-state index contributed by atoms with van der Waals surface area (Å²) in [5.41, 5.74) is 0.389. The summed E-state index contributed by atoms with van der Waals surface area (Å²) < 4.78 is 0. The van der Waals surface area contributed by atoms with Crippen molar-refractivity contribution in [1.82, 2.24) is 0 Å². The summed E-state index contributed by atoms with van der Waals surface area (Å²) in [5, 5.41) is 0. The molecule has 0 N–H and O–H groups in total. The van der Waals surface area contributed by atoms with E-state index in [4.69, 9.17) is 0 Å². The first-order chi connectivity index (χ1) is 6.95. The van der Waals surface area contributed by atoms with E-state index < -0.39 is 0 Å². The van der Waals surface area contributed by atoms with E-state index >= 15 is 0 Å². The van der Waals surface area contributed by atoms with Gasteiger partial charge in [-0.1, -0.05) is 43.1 Å². The fraction of sp³-hybridized carbons (Fsp3) is 0.923. The Labute approximate surface area is 101 Å². The van der Waals surface area contributed by atoms with Gasteiger partial charge in [-0.2, -0.15) is 0 Å². The maximum Gasteiger partial charge on any atom is 0.146 e. The average Bonchev–Trinajstić information content (AvgIpc) is 2.18. The van der Waals surface area contributed by atoms with Gasteiger partial charge in [0.15, 0.2) is 0 Å². The van der Waals surface area contributed by atoms with Gasteiger partial charge in [-0.3, -0.25) is 4.79 Å². The van der Waals surface area contributed by atoms with Crippen LogP contribution in [0.3, 0.4) is 0 Å². The molecule has 0 aromatic carbocycles. The zero-order valence-electron chi connectivity index (χ0n) is 9.92. The van der Waals surface area contributed by atoms with Gasteiger partial charge in [0.2, 0.25) is 0 Å². The second-order valence-corrected chi connectivity index (χ2v) is 6.99. The quantitative estimate of drug-likeness (QED) is 0.613. The molecular formula is C13H21BrO. The molecule has 0 unspecified atom stereocenters. The van der Waals surface area contributed by atoms with Gasteiger partial charge in [-0.15, -0.1) is 0 Å². The standard InChI is InChI=1S/C13H21BrO/c1-8-4-5-10-6-12(15)11(14)7-13(10,3)9(8)2/h8-11H,4-7H2,1-3H3/t8-,9-,10-,11-,13-/m1/s1. The SMILES string of the molecule is C[C@@H]1CC[C@@H]2CC(=O)[C@H](Br)C[C@]2(C)[C@@H]1C. The van der Waals surface area contributed by atoms with Crippen LogP contribution in [0.25, 0.3) is 0 Å². The number of Topliss-reactive ketones (excluding diaryl/α,β-unsaturated/α-hetero) is 1. The van der Waals surface area contributed by atoms with Crippen molar-refractivity contribution >= 4 is 21.7 Å². The highest BCUT2D eigenvalue weighted by Gasteiger charge is 2.49. The smallest absolute Gasteiger partial charge is 0.146 e. The largest absolute Gasteiger partial charge is 0.298 e. The molecule has 5 atom stereocenters. The van der Waals surface area contributed by atoms with E-state index in [0.717, 1.165) is 24.7 Å². The predicted molar refractivity (Wildman–Crippen MR) is 66.1 cm³/mol. The number of fused-ring (bicyclic) bond motifs is 1. The third-order valence-electron chi connectivity index (χ3n) is 5.21. The summed E-state index contributed by atoms with van der Waals surface area (Å²) in [7, 11) is 0. The van der Waals surface area contributed by atoms with Gasteiger partial charge >= 0.3 is 0 Å². The van der Waals surface area contributed by atoms with Crippen molar-refractivity contribution in [2.45, 2.75) is 51.3 Å². The molecule has 2 fully saturated rings. The predicted octanol–water partition coefficient (Wildman–Crippen LogP) is 3.80. The van der Waals surface area contributed by atoms with E-state index in [1.165, 1.54) is 12.8 Å². The summed E-state index contributed by atoms with van der Waals surface area (Å²) in [4.78, 5) is 11.8. The number of hydrogen-bond donors (Lipinski definition) is 0. The van der Waals surface area contributed by atoms with Crippen molar-refractivity contribution in [3.63, 3.8) is 0 Å². The molecule has 2 rings (SSSR count).